The number of halogens is 2. The average molecular weight is 348 g/mol. The van der Waals surface area contributed by atoms with E-state index in [4.69, 9.17) is 4.98 Å². The lowest BCUT2D eigenvalue weighted by Crippen LogP contribution is -2.04. The van der Waals surface area contributed by atoms with Gasteiger partial charge in [0.05, 0.1) is 22.3 Å². The molecule has 3 aromatic carbocycles. The van der Waals surface area contributed by atoms with Gasteiger partial charge in [0.2, 0.25) is 0 Å². The molecule has 0 saturated heterocycles. The van der Waals surface area contributed by atoms with Gasteiger partial charge in [-0.2, -0.15) is 0 Å². The van der Waals surface area contributed by atoms with E-state index in [1.54, 1.807) is 6.92 Å². The molecule has 0 unspecified atom stereocenters. The van der Waals surface area contributed by atoms with E-state index in [1.807, 2.05) is 60.9 Å². The molecular weight excluding hydrogens is 330 g/mol. The first kappa shape index (κ1) is 16.5. The summed E-state index contributed by atoms with van der Waals surface area (Å²) in [5.41, 5.74) is 5.61. The summed E-state index contributed by atoms with van der Waals surface area (Å²) in [6, 6.07) is 16.0. The van der Waals surface area contributed by atoms with Crippen LogP contribution in [0.2, 0.25) is 0 Å². The van der Waals surface area contributed by atoms with Crippen LogP contribution >= 0.6 is 0 Å². The number of aryl methyl sites for hydroxylation is 3. The highest BCUT2D eigenvalue weighted by atomic mass is 19.1. The van der Waals surface area contributed by atoms with E-state index < -0.39 is 11.6 Å². The molecule has 4 rings (SSSR count). The zero-order valence-electron chi connectivity index (χ0n) is 14.8. The molecule has 0 aliphatic rings. The Bertz CT molecular complexity index is 1100. The van der Waals surface area contributed by atoms with Crippen LogP contribution in [0.5, 0.6) is 0 Å². The number of aromatic nitrogens is 2. The van der Waals surface area contributed by atoms with Crippen molar-refractivity contribution in [2.45, 2.75) is 20.8 Å². The van der Waals surface area contributed by atoms with Crippen LogP contribution in [0.1, 0.15) is 16.7 Å². The smallest absolute Gasteiger partial charge is 0.148 e. The SMILES string of the molecule is Cc1cc(F)cc(F)c1-c1nc2ccccc2n1-c1c(C)cccc1C. The van der Waals surface area contributed by atoms with Crippen molar-refractivity contribution < 1.29 is 8.78 Å². The highest BCUT2D eigenvalue weighted by Crippen LogP contribution is 2.34. The summed E-state index contributed by atoms with van der Waals surface area (Å²) in [6.45, 7) is 5.75. The number of nitrogens with zero attached hydrogens (tertiary/aromatic N) is 2. The van der Waals surface area contributed by atoms with E-state index in [0.29, 0.717) is 17.0 Å². The monoisotopic (exact) mass is 348 g/mol. The second-order valence-electron chi connectivity index (χ2n) is 6.58. The molecule has 2 nitrogen and oxygen atoms in total. The maximum Gasteiger partial charge on any atom is 0.148 e. The van der Waals surface area contributed by atoms with E-state index in [-0.39, 0.29) is 0 Å². The van der Waals surface area contributed by atoms with E-state index in [0.717, 1.165) is 33.9 Å². The van der Waals surface area contributed by atoms with Crippen LogP contribution in [0.25, 0.3) is 28.1 Å². The number of rotatable bonds is 2. The molecule has 0 fully saturated rings. The normalized spacial score (nSPS) is 11.3. The lowest BCUT2D eigenvalue weighted by molar-refractivity contribution is 0.583. The number of para-hydroxylation sites is 3. The molecule has 0 radical (unpaired) electrons. The van der Waals surface area contributed by atoms with Crippen molar-refractivity contribution in [2.24, 2.45) is 0 Å². The van der Waals surface area contributed by atoms with Gasteiger partial charge in [0.25, 0.3) is 0 Å². The molecule has 1 aromatic heterocycles. The summed E-state index contributed by atoms with van der Waals surface area (Å²) in [5.74, 6) is -0.706. The number of hydrogen-bond acceptors (Lipinski definition) is 1. The van der Waals surface area contributed by atoms with Crippen LogP contribution in [-0.4, -0.2) is 9.55 Å². The fourth-order valence-electron chi connectivity index (χ4n) is 3.56. The lowest BCUT2D eigenvalue weighted by atomic mass is 10.1. The van der Waals surface area contributed by atoms with Gasteiger partial charge in [0, 0.05) is 6.07 Å². The summed E-state index contributed by atoms with van der Waals surface area (Å²) in [5, 5.41) is 0. The molecule has 1 heterocycles. The van der Waals surface area contributed by atoms with Crippen molar-refractivity contribution in [1.82, 2.24) is 9.55 Å². The maximum atomic E-state index is 14.7. The van der Waals surface area contributed by atoms with Gasteiger partial charge in [-0.15, -0.1) is 0 Å². The molecule has 0 N–H and O–H groups in total. The highest BCUT2D eigenvalue weighted by molar-refractivity contribution is 5.84. The summed E-state index contributed by atoms with van der Waals surface area (Å²) in [7, 11) is 0. The predicted molar refractivity (Wildman–Crippen MR) is 101 cm³/mol. The Morgan fingerprint density at radius 1 is 0.808 bits per heavy atom. The van der Waals surface area contributed by atoms with Gasteiger partial charge in [0.15, 0.2) is 0 Å². The summed E-state index contributed by atoms with van der Waals surface area (Å²) in [6.07, 6.45) is 0. The Balaban J connectivity index is 2.16. The molecule has 0 bridgehead atoms. The second kappa shape index (κ2) is 6.06. The predicted octanol–water partition coefficient (Wildman–Crippen LogP) is 5.90. The molecule has 0 amide bonds. The molecular formula is C22H18F2N2. The second-order valence-corrected chi connectivity index (χ2v) is 6.58. The average Bonchev–Trinajstić information content (AvgIpc) is 2.93. The van der Waals surface area contributed by atoms with Crippen LogP contribution in [0.3, 0.4) is 0 Å². The fraction of sp³-hybridized carbons (Fsp3) is 0.136. The largest absolute Gasteiger partial charge is 0.292 e. The minimum absolute atomic E-state index is 0.324. The Morgan fingerprint density at radius 2 is 1.50 bits per heavy atom. The summed E-state index contributed by atoms with van der Waals surface area (Å²) >= 11 is 0. The van der Waals surface area contributed by atoms with Gasteiger partial charge in [-0.05, 0) is 55.7 Å². The third-order valence-electron chi connectivity index (χ3n) is 4.70. The quantitative estimate of drug-likeness (QED) is 0.441. The van der Waals surface area contributed by atoms with Gasteiger partial charge in [-0.3, -0.25) is 4.57 Å². The first-order chi connectivity index (χ1) is 12.5. The minimum Gasteiger partial charge on any atom is -0.292 e. The Hall–Kier alpha value is -3.01. The Morgan fingerprint density at radius 3 is 2.19 bits per heavy atom. The fourth-order valence-corrected chi connectivity index (χ4v) is 3.56. The van der Waals surface area contributed by atoms with Crippen molar-refractivity contribution in [3.8, 4) is 17.1 Å². The first-order valence-corrected chi connectivity index (χ1v) is 8.47. The van der Waals surface area contributed by atoms with E-state index >= 15 is 0 Å². The number of hydrogen-bond donors (Lipinski definition) is 0. The standard InChI is InChI=1S/C22H18F2N2/c1-13-7-6-8-14(2)21(13)26-19-10-5-4-9-18(19)25-22(26)20-15(3)11-16(23)12-17(20)24/h4-12H,1-3H3. The van der Waals surface area contributed by atoms with Crippen LogP contribution in [-0.2, 0) is 0 Å². The van der Waals surface area contributed by atoms with Crippen LogP contribution in [0.4, 0.5) is 8.78 Å². The molecule has 0 aliphatic heterocycles. The molecule has 0 atom stereocenters. The summed E-state index contributed by atoms with van der Waals surface area (Å²) < 4.78 is 30.3. The van der Waals surface area contributed by atoms with E-state index in [2.05, 4.69) is 0 Å². The number of fused-ring (bicyclic) bond motifs is 1. The third kappa shape index (κ3) is 2.49. The molecule has 4 aromatic rings. The van der Waals surface area contributed by atoms with Crippen LogP contribution in [0.15, 0.2) is 54.6 Å². The number of benzene rings is 3. The highest BCUT2D eigenvalue weighted by Gasteiger charge is 2.21. The zero-order chi connectivity index (χ0) is 18.4. The lowest BCUT2D eigenvalue weighted by Gasteiger charge is -2.16. The van der Waals surface area contributed by atoms with Crippen molar-refractivity contribution in [3.63, 3.8) is 0 Å². The zero-order valence-corrected chi connectivity index (χ0v) is 14.8. The van der Waals surface area contributed by atoms with Gasteiger partial charge < -0.3 is 0 Å². The topological polar surface area (TPSA) is 17.8 Å². The van der Waals surface area contributed by atoms with Crippen molar-refractivity contribution >= 4 is 11.0 Å². The van der Waals surface area contributed by atoms with Crippen molar-refractivity contribution in [1.29, 1.82) is 0 Å². The number of imidazole rings is 1. The van der Waals surface area contributed by atoms with Gasteiger partial charge >= 0.3 is 0 Å². The first-order valence-electron chi connectivity index (χ1n) is 8.47. The molecule has 4 heteroatoms. The molecule has 0 saturated carbocycles. The molecule has 0 aliphatic carbocycles. The third-order valence-corrected chi connectivity index (χ3v) is 4.70. The van der Waals surface area contributed by atoms with Gasteiger partial charge in [-0.25, -0.2) is 13.8 Å². The summed E-state index contributed by atoms with van der Waals surface area (Å²) in [4.78, 5) is 4.69. The van der Waals surface area contributed by atoms with Crippen molar-refractivity contribution in [3.05, 3.63) is 82.9 Å². The van der Waals surface area contributed by atoms with Gasteiger partial charge in [-0.1, -0.05) is 30.3 Å². The van der Waals surface area contributed by atoms with E-state index in [9.17, 15) is 8.78 Å². The van der Waals surface area contributed by atoms with Crippen LogP contribution in [0, 0.1) is 32.4 Å². The van der Waals surface area contributed by atoms with Crippen molar-refractivity contribution in [2.75, 3.05) is 0 Å². The van der Waals surface area contributed by atoms with Gasteiger partial charge in [0.1, 0.15) is 17.5 Å². The maximum absolute atomic E-state index is 14.7. The Kier molecular flexibility index (Phi) is 3.83. The molecule has 130 valence electrons. The molecule has 26 heavy (non-hydrogen) atoms. The van der Waals surface area contributed by atoms with Crippen LogP contribution < -0.4 is 0 Å². The molecule has 0 spiro atoms. The Labute approximate surface area is 150 Å². The van der Waals surface area contributed by atoms with E-state index in [1.165, 1.54) is 6.07 Å². The minimum atomic E-state index is -0.606.